The fourth-order valence-corrected chi connectivity index (χ4v) is 3.94. The van der Waals surface area contributed by atoms with E-state index in [1.807, 2.05) is 59.1 Å². The first-order valence-corrected chi connectivity index (χ1v) is 11.0. The van der Waals surface area contributed by atoms with Crippen molar-refractivity contribution in [1.82, 2.24) is 19.2 Å². The highest BCUT2D eigenvalue weighted by molar-refractivity contribution is 5.98. The molecule has 0 unspecified atom stereocenters. The fourth-order valence-electron chi connectivity index (χ4n) is 3.94. The third-order valence-electron chi connectivity index (χ3n) is 5.58. The Morgan fingerprint density at radius 1 is 1.00 bits per heavy atom. The summed E-state index contributed by atoms with van der Waals surface area (Å²) in [5, 5.41) is 0. The lowest BCUT2D eigenvalue weighted by Crippen LogP contribution is -2.50. The molecule has 0 atom stereocenters. The molecule has 3 heterocycles. The van der Waals surface area contributed by atoms with Gasteiger partial charge in [-0.3, -0.25) is 19.4 Å². The van der Waals surface area contributed by atoms with Crippen LogP contribution in [0.4, 0.5) is 5.69 Å². The number of benzene rings is 1. The van der Waals surface area contributed by atoms with Gasteiger partial charge in [-0.05, 0) is 31.2 Å². The third-order valence-corrected chi connectivity index (χ3v) is 5.58. The molecule has 0 radical (unpaired) electrons. The van der Waals surface area contributed by atoms with Crippen molar-refractivity contribution in [2.24, 2.45) is 0 Å². The zero-order valence-corrected chi connectivity index (χ0v) is 18.4. The molecule has 1 aliphatic rings. The van der Waals surface area contributed by atoms with Gasteiger partial charge in [-0.1, -0.05) is 24.3 Å². The van der Waals surface area contributed by atoms with E-state index in [-0.39, 0.29) is 19.0 Å². The number of pyridine rings is 1. The van der Waals surface area contributed by atoms with Gasteiger partial charge in [-0.2, -0.15) is 0 Å². The molecular weight excluding hydrogens is 406 g/mol. The highest BCUT2D eigenvalue weighted by atomic mass is 16.5. The zero-order valence-electron chi connectivity index (χ0n) is 18.4. The van der Waals surface area contributed by atoms with E-state index in [4.69, 9.17) is 4.74 Å². The minimum absolute atomic E-state index is 0.0788. The highest BCUT2D eigenvalue weighted by Crippen LogP contribution is 2.15. The first-order chi connectivity index (χ1) is 15.6. The van der Waals surface area contributed by atoms with E-state index in [9.17, 15) is 9.59 Å². The molecule has 3 aromatic rings. The van der Waals surface area contributed by atoms with Crippen LogP contribution in [0.5, 0.6) is 0 Å². The summed E-state index contributed by atoms with van der Waals surface area (Å²) in [5.74, 6) is -0.500. The number of nitrogens with zero attached hydrogens (tertiary/aromatic N) is 5. The van der Waals surface area contributed by atoms with Gasteiger partial charge in [0.2, 0.25) is 5.91 Å². The lowest BCUT2D eigenvalue weighted by Gasteiger charge is -2.35. The van der Waals surface area contributed by atoms with Crippen molar-refractivity contribution < 1.29 is 14.3 Å². The molecular formula is C24H29N5O3. The number of imidazole rings is 1. The van der Waals surface area contributed by atoms with Gasteiger partial charge in [0, 0.05) is 50.8 Å². The molecule has 0 N–H and O–H groups in total. The lowest BCUT2D eigenvalue weighted by atomic mass is 10.2. The average molecular weight is 436 g/mol. The van der Waals surface area contributed by atoms with Gasteiger partial charge in [-0.25, -0.2) is 4.98 Å². The maximum absolute atomic E-state index is 13.1. The van der Waals surface area contributed by atoms with Crippen LogP contribution < -0.4 is 4.90 Å². The average Bonchev–Trinajstić information content (AvgIpc) is 3.22. The summed E-state index contributed by atoms with van der Waals surface area (Å²) in [7, 11) is 0. The molecule has 0 bridgehead atoms. The van der Waals surface area contributed by atoms with Gasteiger partial charge >= 0.3 is 5.97 Å². The van der Waals surface area contributed by atoms with Crippen LogP contribution in [-0.2, 0) is 20.9 Å². The summed E-state index contributed by atoms with van der Waals surface area (Å²) in [5.41, 5.74) is 2.70. The Hall–Kier alpha value is -3.23. The van der Waals surface area contributed by atoms with E-state index in [1.54, 1.807) is 6.92 Å². The summed E-state index contributed by atoms with van der Waals surface area (Å²) in [6.45, 7) is 6.36. The number of fused-ring (bicyclic) bond motifs is 1. The predicted octanol–water partition coefficient (Wildman–Crippen LogP) is 2.05. The second-order valence-corrected chi connectivity index (χ2v) is 7.87. The van der Waals surface area contributed by atoms with Gasteiger partial charge in [0.1, 0.15) is 12.2 Å². The normalized spacial score (nSPS) is 15.0. The molecule has 8 heteroatoms. The van der Waals surface area contributed by atoms with Crippen LogP contribution in [0, 0.1) is 0 Å². The number of rotatable bonds is 8. The summed E-state index contributed by atoms with van der Waals surface area (Å²) in [6.07, 6.45) is 4.07. The lowest BCUT2D eigenvalue weighted by molar-refractivity contribution is -0.142. The predicted molar refractivity (Wildman–Crippen MR) is 122 cm³/mol. The number of carbonyl (C=O) groups excluding carboxylic acids is 2. The van der Waals surface area contributed by atoms with Crippen molar-refractivity contribution in [3.63, 3.8) is 0 Å². The van der Waals surface area contributed by atoms with E-state index < -0.39 is 5.97 Å². The van der Waals surface area contributed by atoms with Crippen LogP contribution in [-0.4, -0.2) is 76.9 Å². The van der Waals surface area contributed by atoms with Crippen LogP contribution in [0.15, 0.2) is 60.9 Å². The summed E-state index contributed by atoms with van der Waals surface area (Å²) >= 11 is 0. The zero-order chi connectivity index (χ0) is 22.3. The number of esters is 1. The number of anilines is 1. The smallest absolute Gasteiger partial charge is 0.326 e. The Bertz CT molecular complexity index is 1010. The van der Waals surface area contributed by atoms with Crippen molar-refractivity contribution in [3.8, 4) is 0 Å². The first-order valence-electron chi connectivity index (χ1n) is 11.0. The fraction of sp³-hybridized carbons (Fsp3) is 0.375. The minimum atomic E-state index is -0.401. The second kappa shape index (κ2) is 10.4. The Labute approximate surface area is 188 Å². The third kappa shape index (κ3) is 5.52. The molecule has 0 spiro atoms. The molecule has 1 amide bonds. The topological polar surface area (TPSA) is 70.4 Å². The Balaban J connectivity index is 1.32. The van der Waals surface area contributed by atoms with Gasteiger partial charge < -0.3 is 14.0 Å². The van der Waals surface area contributed by atoms with E-state index >= 15 is 0 Å². The number of aromatic nitrogens is 2. The van der Waals surface area contributed by atoms with Crippen molar-refractivity contribution in [2.45, 2.75) is 13.5 Å². The van der Waals surface area contributed by atoms with Crippen molar-refractivity contribution in [1.29, 1.82) is 0 Å². The summed E-state index contributed by atoms with van der Waals surface area (Å²) in [4.78, 5) is 35.8. The van der Waals surface area contributed by atoms with Crippen LogP contribution in [0.3, 0.4) is 0 Å². The molecule has 1 saturated heterocycles. The number of ether oxygens (including phenoxy) is 1. The molecule has 1 fully saturated rings. The second-order valence-electron chi connectivity index (χ2n) is 7.87. The number of hydrogen-bond donors (Lipinski definition) is 0. The van der Waals surface area contributed by atoms with Crippen molar-refractivity contribution in [3.05, 3.63) is 66.6 Å². The van der Waals surface area contributed by atoms with Gasteiger partial charge in [0.25, 0.3) is 0 Å². The van der Waals surface area contributed by atoms with Gasteiger partial charge in [0.05, 0.1) is 18.8 Å². The van der Waals surface area contributed by atoms with E-state index in [2.05, 4.69) is 21.0 Å². The number of hydrogen-bond acceptors (Lipinski definition) is 6. The molecule has 32 heavy (non-hydrogen) atoms. The SMILES string of the molecule is CCOC(=O)CN(C(=O)CN1CCN(Cc2cn3ccccc3n2)CC1)c1ccccc1. The van der Waals surface area contributed by atoms with Crippen LogP contribution in [0.2, 0.25) is 0 Å². The standard InChI is InChI=1S/C24H29N5O3/c1-2-32-24(31)19-29(21-8-4-3-5-9-21)23(30)18-27-14-12-26(13-15-27)16-20-17-28-11-7-6-10-22(28)25-20/h3-11,17H,2,12-16,18-19H2,1H3. The maximum atomic E-state index is 13.1. The minimum Gasteiger partial charge on any atom is -0.465 e. The van der Waals surface area contributed by atoms with Gasteiger partial charge in [-0.15, -0.1) is 0 Å². The Morgan fingerprint density at radius 2 is 1.72 bits per heavy atom. The number of amides is 1. The largest absolute Gasteiger partial charge is 0.465 e. The van der Waals surface area contributed by atoms with E-state index in [1.165, 1.54) is 4.90 Å². The van der Waals surface area contributed by atoms with E-state index in [0.29, 0.717) is 12.3 Å². The van der Waals surface area contributed by atoms with Crippen LogP contribution in [0.1, 0.15) is 12.6 Å². The molecule has 1 aromatic carbocycles. The van der Waals surface area contributed by atoms with Crippen molar-refractivity contribution in [2.75, 3.05) is 50.8 Å². The van der Waals surface area contributed by atoms with E-state index in [0.717, 1.165) is 44.1 Å². The van der Waals surface area contributed by atoms with Gasteiger partial charge in [0.15, 0.2) is 0 Å². The highest BCUT2D eigenvalue weighted by Gasteiger charge is 2.25. The number of piperazine rings is 1. The molecule has 2 aromatic heterocycles. The molecule has 0 aliphatic carbocycles. The molecule has 0 saturated carbocycles. The number of para-hydroxylation sites is 1. The monoisotopic (exact) mass is 435 g/mol. The molecule has 1 aliphatic heterocycles. The molecule has 8 nitrogen and oxygen atoms in total. The van der Waals surface area contributed by atoms with Crippen LogP contribution in [0.25, 0.3) is 5.65 Å². The van der Waals surface area contributed by atoms with Crippen LogP contribution >= 0.6 is 0 Å². The first kappa shape index (κ1) is 22.0. The Kier molecular flexibility index (Phi) is 7.14. The Morgan fingerprint density at radius 3 is 2.44 bits per heavy atom. The summed E-state index contributed by atoms with van der Waals surface area (Å²) < 4.78 is 7.10. The quantitative estimate of drug-likeness (QED) is 0.505. The maximum Gasteiger partial charge on any atom is 0.326 e. The van der Waals surface area contributed by atoms with Crippen molar-refractivity contribution >= 4 is 23.2 Å². The molecule has 168 valence electrons. The number of carbonyl (C=O) groups is 2. The summed E-state index contributed by atoms with van der Waals surface area (Å²) in [6, 6.07) is 15.3. The molecule has 4 rings (SSSR count).